The lowest BCUT2D eigenvalue weighted by atomic mass is 10.1. The predicted molar refractivity (Wildman–Crippen MR) is 134 cm³/mol. The lowest BCUT2D eigenvalue weighted by Gasteiger charge is -2.36. The molecule has 2 aromatic carbocycles. The summed E-state index contributed by atoms with van der Waals surface area (Å²) in [5.74, 6) is 0.958. The second kappa shape index (κ2) is 11.2. The molecular formula is C25H30N6O2S. The Morgan fingerprint density at radius 1 is 1.00 bits per heavy atom. The first-order valence-corrected chi connectivity index (χ1v) is 12.5. The van der Waals surface area contributed by atoms with Crippen molar-refractivity contribution in [2.24, 2.45) is 0 Å². The zero-order chi connectivity index (χ0) is 23.9. The van der Waals surface area contributed by atoms with Crippen LogP contribution in [0.5, 0.6) is 0 Å². The number of thioether (sulfide) groups is 1. The molecule has 1 aromatic heterocycles. The summed E-state index contributed by atoms with van der Waals surface area (Å²) >= 11 is 1.40. The summed E-state index contributed by atoms with van der Waals surface area (Å²) < 4.78 is 1.95. The van der Waals surface area contributed by atoms with E-state index >= 15 is 0 Å². The van der Waals surface area contributed by atoms with Crippen molar-refractivity contribution < 1.29 is 9.59 Å². The van der Waals surface area contributed by atoms with Crippen LogP contribution in [0, 0.1) is 6.92 Å². The van der Waals surface area contributed by atoms with E-state index in [-0.39, 0.29) is 18.4 Å². The number of carbonyl (C=O) groups excluding carboxylic acids is 2. The van der Waals surface area contributed by atoms with Crippen LogP contribution in [-0.4, -0.2) is 63.4 Å². The number of aryl methyl sites for hydroxylation is 1. The molecule has 1 saturated heterocycles. The molecule has 8 nitrogen and oxygen atoms in total. The molecule has 9 heteroatoms. The fraction of sp³-hybridized carbons (Fsp3) is 0.360. The highest BCUT2D eigenvalue weighted by atomic mass is 32.2. The lowest BCUT2D eigenvalue weighted by Crippen LogP contribution is -2.49. The number of rotatable bonds is 8. The van der Waals surface area contributed by atoms with Crippen molar-refractivity contribution in [1.29, 1.82) is 0 Å². The van der Waals surface area contributed by atoms with Crippen molar-refractivity contribution in [2.45, 2.75) is 32.1 Å². The van der Waals surface area contributed by atoms with Gasteiger partial charge in [0.05, 0.1) is 12.3 Å². The fourth-order valence-electron chi connectivity index (χ4n) is 3.99. The van der Waals surface area contributed by atoms with Crippen molar-refractivity contribution in [1.82, 2.24) is 25.0 Å². The number of nitrogens with zero attached hydrogens (tertiary/aromatic N) is 5. The maximum atomic E-state index is 12.8. The molecule has 1 aliphatic heterocycles. The Kier molecular flexibility index (Phi) is 7.84. The topological polar surface area (TPSA) is 83.4 Å². The number of hydrogen-bond acceptors (Lipinski definition) is 6. The molecule has 0 atom stereocenters. The summed E-state index contributed by atoms with van der Waals surface area (Å²) in [7, 11) is 0. The highest BCUT2D eigenvalue weighted by Crippen LogP contribution is 2.20. The van der Waals surface area contributed by atoms with E-state index < -0.39 is 0 Å². The monoisotopic (exact) mass is 478 g/mol. The van der Waals surface area contributed by atoms with Crippen LogP contribution < -0.4 is 10.2 Å². The minimum Gasteiger partial charge on any atom is -0.368 e. The van der Waals surface area contributed by atoms with E-state index in [0.29, 0.717) is 41.9 Å². The Bertz CT molecular complexity index is 1130. The van der Waals surface area contributed by atoms with Gasteiger partial charge in [0.1, 0.15) is 0 Å². The molecule has 0 bridgehead atoms. The molecule has 0 spiro atoms. The van der Waals surface area contributed by atoms with Crippen molar-refractivity contribution in [3.05, 3.63) is 71.5 Å². The number of benzene rings is 2. The number of aromatic nitrogens is 3. The molecule has 34 heavy (non-hydrogen) atoms. The van der Waals surface area contributed by atoms with E-state index in [9.17, 15) is 9.59 Å². The smallest absolute Gasteiger partial charge is 0.251 e. The zero-order valence-electron chi connectivity index (χ0n) is 19.6. The Hall–Kier alpha value is -3.33. The van der Waals surface area contributed by atoms with Crippen LogP contribution >= 0.6 is 11.8 Å². The summed E-state index contributed by atoms with van der Waals surface area (Å²) in [5.41, 5.74) is 2.85. The molecular weight excluding hydrogens is 448 g/mol. The SMILES string of the molecule is CCn1c(CNC(=O)c2cccc(C)c2)nnc1SCC(=O)N1CCN(c2ccccc2)CC1. The summed E-state index contributed by atoms with van der Waals surface area (Å²) in [6.07, 6.45) is 0. The molecule has 4 rings (SSSR count). The average Bonchev–Trinajstić information content (AvgIpc) is 3.28. The molecule has 1 aliphatic rings. The van der Waals surface area contributed by atoms with Crippen molar-refractivity contribution >= 4 is 29.3 Å². The maximum absolute atomic E-state index is 12.8. The van der Waals surface area contributed by atoms with Crippen LogP contribution in [0.15, 0.2) is 59.8 Å². The van der Waals surface area contributed by atoms with Crippen molar-refractivity contribution in [3.8, 4) is 0 Å². The van der Waals surface area contributed by atoms with Crippen molar-refractivity contribution in [3.63, 3.8) is 0 Å². The third kappa shape index (κ3) is 5.77. The minimum absolute atomic E-state index is 0.109. The Morgan fingerprint density at radius 3 is 2.47 bits per heavy atom. The van der Waals surface area contributed by atoms with Gasteiger partial charge in [-0.3, -0.25) is 9.59 Å². The lowest BCUT2D eigenvalue weighted by molar-refractivity contribution is -0.128. The number of para-hydroxylation sites is 1. The molecule has 0 saturated carbocycles. The Labute approximate surface area is 204 Å². The summed E-state index contributed by atoms with van der Waals surface area (Å²) in [6, 6.07) is 17.8. The van der Waals surface area contributed by atoms with Gasteiger partial charge >= 0.3 is 0 Å². The summed E-state index contributed by atoms with van der Waals surface area (Å²) in [5, 5.41) is 12.1. The maximum Gasteiger partial charge on any atom is 0.251 e. The minimum atomic E-state index is -0.145. The third-order valence-electron chi connectivity index (χ3n) is 5.88. The van der Waals surface area contributed by atoms with Gasteiger partial charge in [0.25, 0.3) is 5.91 Å². The van der Waals surface area contributed by atoms with E-state index in [0.717, 1.165) is 18.7 Å². The fourth-order valence-corrected chi connectivity index (χ4v) is 4.92. The van der Waals surface area contributed by atoms with Crippen LogP contribution in [0.1, 0.15) is 28.7 Å². The number of amides is 2. The first kappa shape index (κ1) is 23.8. The van der Waals surface area contributed by atoms with Crippen LogP contribution in [0.3, 0.4) is 0 Å². The van der Waals surface area contributed by atoms with Gasteiger partial charge in [0.15, 0.2) is 11.0 Å². The van der Waals surface area contributed by atoms with Gasteiger partial charge in [-0.2, -0.15) is 0 Å². The second-order valence-electron chi connectivity index (χ2n) is 8.19. The number of anilines is 1. The molecule has 1 N–H and O–H groups in total. The first-order valence-electron chi connectivity index (χ1n) is 11.5. The van der Waals surface area contributed by atoms with Crippen LogP contribution in [0.4, 0.5) is 5.69 Å². The number of carbonyl (C=O) groups is 2. The Morgan fingerprint density at radius 2 is 1.76 bits per heavy atom. The molecule has 0 radical (unpaired) electrons. The summed E-state index contributed by atoms with van der Waals surface area (Å²) in [4.78, 5) is 29.5. The van der Waals surface area contributed by atoms with E-state index in [1.54, 1.807) is 6.07 Å². The van der Waals surface area contributed by atoms with Gasteiger partial charge in [-0.1, -0.05) is 47.7 Å². The second-order valence-corrected chi connectivity index (χ2v) is 9.13. The molecule has 1 fully saturated rings. The van der Waals surface area contributed by atoms with Crippen LogP contribution in [-0.2, 0) is 17.9 Å². The largest absolute Gasteiger partial charge is 0.368 e. The third-order valence-corrected chi connectivity index (χ3v) is 6.83. The van der Waals surface area contributed by atoms with Crippen LogP contribution in [0.2, 0.25) is 0 Å². The molecule has 178 valence electrons. The molecule has 2 heterocycles. The molecule has 0 unspecified atom stereocenters. The van der Waals surface area contributed by atoms with Gasteiger partial charge in [-0.25, -0.2) is 0 Å². The number of piperazine rings is 1. The highest BCUT2D eigenvalue weighted by molar-refractivity contribution is 7.99. The van der Waals surface area contributed by atoms with Crippen LogP contribution in [0.25, 0.3) is 0 Å². The van der Waals surface area contributed by atoms with E-state index in [4.69, 9.17) is 0 Å². The standard InChI is InChI=1S/C25H30N6O2S/c1-3-31-22(17-26-24(33)20-9-7-8-19(2)16-20)27-28-25(31)34-18-23(32)30-14-12-29(13-15-30)21-10-5-4-6-11-21/h4-11,16H,3,12-15,17-18H2,1-2H3,(H,26,33). The van der Waals surface area contributed by atoms with Gasteiger partial charge in [-0.15, -0.1) is 10.2 Å². The summed E-state index contributed by atoms with van der Waals surface area (Å²) in [6.45, 7) is 7.99. The molecule has 2 amide bonds. The predicted octanol–water partition coefficient (Wildman–Crippen LogP) is 2.98. The number of nitrogens with one attached hydrogen (secondary N) is 1. The Balaban J connectivity index is 1.28. The molecule has 0 aliphatic carbocycles. The van der Waals surface area contributed by atoms with Crippen molar-refractivity contribution in [2.75, 3.05) is 36.8 Å². The first-order chi connectivity index (χ1) is 16.5. The average molecular weight is 479 g/mol. The van der Waals surface area contributed by atoms with Gasteiger partial charge in [-0.05, 0) is 38.1 Å². The quantitative estimate of drug-likeness (QED) is 0.501. The number of hydrogen-bond donors (Lipinski definition) is 1. The molecule has 3 aromatic rings. The van der Waals surface area contributed by atoms with E-state index in [1.807, 2.05) is 59.7 Å². The van der Waals surface area contributed by atoms with E-state index in [1.165, 1.54) is 17.4 Å². The van der Waals surface area contributed by atoms with Gasteiger partial charge < -0.3 is 19.7 Å². The zero-order valence-corrected chi connectivity index (χ0v) is 20.4. The van der Waals surface area contributed by atoms with E-state index in [2.05, 4.69) is 32.5 Å². The highest BCUT2D eigenvalue weighted by Gasteiger charge is 2.22. The van der Waals surface area contributed by atoms with Gasteiger partial charge in [0, 0.05) is 44.0 Å². The normalized spacial score (nSPS) is 13.7. The van der Waals surface area contributed by atoms with Gasteiger partial charge in [0.2, 0.25) is 5.91 Å².